The van der Waals surface area contributed by atoms with E-state index >= 15 is 0 Å². The van der Waals surface area contributed by atoms with E-state index in [1.165, 1.54) is 0 Å². The van der Waals surface area contributed by atoms with Crippen molar-refractivity contribution in [1.82, 2.24) is 25.7 Å². The Bertz CT molecular complexity index is 722. The Morgan fingerprint density at radius 1 is 1.24 bits per heavy atom. The maximum atomic E-state index is 13.0. The van der Waals surface area contributed by atoms with Crippen LogP contribution >= 0.6 is 12.4 Å². The SMILES string of the molecule is Cl.O=C(NCC1CCCN(C(=O)C2CC(=O)N(c3cn[nH]c3)C2)C1)C1CCCN1. The van der Waals surface area contributed by atoms with Crippen LogP contribution in [0.25, 0.3) is 0 Å². The van der Waals surface area contributed by atoms with Crippen molar-refractivity contribution in [3.63, 3.8) is 0 Å². The van der Waals surface area contributed by atoms with Crippen LogP contribution < -0.4 is 15.5 Å². The number of carbonyl (C=O) groups is 3. The molecule has 9 nitrogen and oxygen atoms in total. The molecule has 0 aromatic carbocycles. The fourth-order valence-electron chi connectivity index (χ4n) is 4.48. The van der Waals surface area contributed by atoms with Gasteiger partial charge in [-0.25, -0.2) is 0 Å². The van der Waals surface area contributed by atoms with E-state index in [1.54, 1.807) is 17.3 Å². The highest BCUT2D eigenvalue weighted by molar-refractivity contribution is 6.00. The molecule has 3 saturated heterocycles. The zero-order chi connectivity index (χ0) is 19.5. The molecule has 4 rings (SSSR count). The van der Waals surface area contributed by atoms with Crippen LogP contribution in [-0.2, 0) is 14.4 Å². The van der Waals surface area contributed by atoms with E-state index in [0.29, 0.717) is 25.3 Å². The number of carbonyl (C=O) groups excluding carboxylic acids is 3. The number of aromatic amines is 1. The van der Waals surface area contributed by atoms with Gasteiger partial charge in [0.2, 0.25) is 17.7 Å². The second-order valence-electron chi connectivity index (χ2n) is 8.05. The molecule has 0 spiro atoms. The first kappa shape index (κ1) is 21.6. The van der Waals surface area contributed by atoms with Gasteiger partial charge < -0.3 is 20.4 Å². The fourth-order valence-corrected chi connectivity index (χ4v) is 4.48. The number of H-pyrrole nitrogens is 1. The summed E-state index contributed by atoms with van der Waals surface area (Å²) in [5.74, 6) is 0.0409. The lowest BCUT2D eigenvalue weighted by Crippen LogP contribution is -2.48. The van der Waals surface area contributed by atoms with E-state index in [0.717, 1.165) is 38.8 Å². The molecule has 0 bridgehead atoms. The zero-order valence-corrected chi connectivity index (χ0v) is 17.2. The van der Waals surface area contributed by atoms with Crippen molar-refractivity contribution in [1.29, 1.82) is 0 Å². The maximum Gasteiger partial charge on any atom is 0.237 e. The van der Waals surface area contributed by atoms with Crippen LogP contribution in [-0.4, -0.2) is 71.6 Å². The van der Waals surface area contributed by atoms with E-state index in [1.807, 2.05) is 4.90 Å². The third kappa shape index (κ3) is 4.90. The Kier molecular flexibility index (Phi) is 7.13. The Morgan fingerprint density at radius 3 is 2.83 bits per heavy atom. The second-order valence-corrected chi connectivity index (χ2v) is 8.05. The van der Waals surface area contributed by atoms with Crippen LogP contribution in [0.3, 0.4) is 0 Å². The molecule has 0 radical (unpaired) electrons. The van der Waals surface area contributed by atoms with Crippen molar-refractivity contribution >= 4 is 35.8 Å². The molecule has 3 atom stereocenters. The molecule has 3 amide bonds. The minimum absolute atomic E-state index is 0. The summed E-state index contributed by atoms with van der Waals surface area (Å²) in [6.45, 7) is 3.28. The van der Waals surface area contributed by atoms with Gasteiger partial charge >= 0.3 is 0 Å². The molecule has 3 N–H and O–H groups in total. The number of likely N-dealkylation sites (tertiary alicyclic amines) is 1. The molecule has 29 heavy (non-hydrogen) atoms. The molecule has 1 aromatic rings. The van der Waals surface area contributed by atoms with Gasteiger partial charge in [-0.2, -0.15) is 5.10 Å². The molecule has 3 unspecified atom stereocenters. The molecular weight excluding hydrogens is 396 g/mol. The summed E-state index contributed by atoms with van der Waals surface area (Å²) in [4.78, 5) is 41.0. The molecule has 10 heteroatoms. The highest BCUT2D eigenvalue weighted by Crippen LogP contribution is 2.27. The number of aromatic nitrogens is 2. The van der Waals surface area contributed by atoms with Crippen molar-refractivity contribution in [2.75, 3.05) is 37.6 Å². The predicted molar refractivity (Wildman–Crippen MR) is 110 cm³/mol. The van der Waals surface area contributed by atoms with Crippen LogP contribution in [0.1, 0.15) is 32.1 Å². The van der Waals surface area contributed by atoms with Crippen molar-refractivity contribution < 1.29 is 14.4 Å². The van der Waals surface area contributed by atoms with Crippen LogP contribution in [0, 0.1) is 11.8 Å². The van der Waals surface area contributed by atoms with Gasteiger partial charge in [0.1, 0.15) is 0 Å². The number of nitrogens with zero attached hydrogens (tertiary/aromatic N) is 3. The summed E-state index contributed by atoms with van der Waals surface area (Å²) in [7, 11) is 0. The Morgan fingerprint density at radius 2 is 2.10 bits per heavy atom. The van der Waals surface area contributed by atoms with Gasteiger partial charge in [0.25, 0.3) is 0 Å². The number of hydrogen-bond acceptors (Lipinski definition) is 5. The Hall–Kier alpha value is -2.13. The molecular formula is C19H29ClN6O3. The number of nitrogens with one attached hydrogen (secondary N) is 3. The summed E-state index contributed by atoms with van der Waals surface area (Å²) in [6.07, 6.45) is 7.39. The standard InChI is InChI=1S/C19H28N6O3.ClH/c26-17-7-14(12-25(17)15-9-22-23-10-15)19(28)24-6-2-3-13(11-24)8-21-18(27)16-4-1-5-20-16;/h9-10,13-14,16,20H,1-8,11-12H2,(H,21,27)(H,22,23);1H. The van der Waals surface area contributed by atoms with Crippen molar-refractivity contribution in [2.24, 2.45) is 11.8 Å². The number of amides is 3. The van der Waals surface area contributed by atoms with Gasteiger partial charge in [-0.15, -0.1) is 12.4 Å². The van der Waals surface area contributed by atoms with Gasteiger partial charge in [0, 0.05) is 38.8 Å². The van der Waals surface area contributed by atoms with Crippen LogP contribution in [0.15, 0.2) is 12.4 Å². The Balaban J connectivity index is 0.00000240. The highest BCUT2D eigenvalue weighted by atomic mass is 35.5. The van der Waals surface area contributed by atoms with Crippen LogP contribution in [0.2, 0.25) is 0 Å². The Labute approximate surface area is 176 Å². The number of hydrogen-bond donors (Lipinski definition) is 3. The van der Waals surface area contributed by atoms with Gasteiger partial charge in [-0.05, 0) is 38.1 Å². The van der Waals surface area contributed by atoms with Crippen molar-refractivity contribution in [3.8, 4) is 0 Å². The third-order valence-electron chi connectivity index (χ3n) is 6.04. The quantitative estimate of drug-likeness (QED) is 0.629. The average molecular weight is 425 g/mol. The topological polar surface area (TPSA) is 110 Å². The van der Waals surface area contributed by atoms with Gasteiger partial charge in [-0.3, -0.25) is 19.5 Å². The average Bonchev–Trinajstić information content (AvgIpc) is 3.46. The van der Waals surface area contributed by atoms with Crippen LogP contribution in [0.4, 0.5) is 5.69 Å². The maximum absolute atomic E-state index is 13.0. The number of halogens is 1. The predicted octanol–water partition coefficient (Wildman–Crippen LogP) is 0.291. The smallest absolute Gasteiger partial charge is 0.237 e. The molecule has 3 fully saturated rings. The molecule has 3 aliphatic heterocycles. The van der Waals surface area contributed by atoms with E-state index in [2.05, 4.69) is 20.8 Å². The monoisotopic (exact) mass is 424 g/mol. The number of anilines is 1. The zero-order valence-electron chi connectivity index (χ0n) is 16.4. The largest absolute Gasteiger partial charge is 0.354 e. The molecule has 0 aliphatic carbocycles. The normalized spacial score (nSPS) is 27.0. The number of rotatable bonds is 5. The summed E-state index contributed by atoms with van der Waals surface area (Å²) >= 11 is 0. The van der Waals surface area contributed by atoms with Crippen molar-refractivity contribution in [3.05, 3.63) is 12.4 Å². The van der Waals surface area contributed by atoms with Gasteiger partial charge in [-0.1, -0.05) is 0 Å². The number of piperidine rings is 1. The minimum atomic E-state index is -0.307. The van der Waals surface area contributed by atoms with Gasteiger partial charge in [0.05, 0.1) is 23.8 Å². The first-order valence-corrected chi connectivity index (χ1v) is 10.2. The third-order valence-corrected chi connectivity index (χ3v) is 6.04. The van der Waals surface area contributed by atoms with E-state index in [9.17, 15) is 14.4 Å². The van der Waals surface area contributed by atoms with Gasteiger partial charge in [0.15, 0.2) is 0 Å². The molecule has 0 saturated carbocycles. The summed E-state index contributed by atoms with van der Waals surface area (Å²) in [5.41, 5.74) is 0.708. The van der Waals surface area contributed by atoms with E-state index in [-0.39, 0.29) is 54.4 Å². The summed E-state index contributed by atoms with van der Waals surface area (Å²) in [6, 6.07) is -0.0697. The molecule has 4 heterocycles. The second kappa shape index (κ2) is 9.58. The fraction of sp³-hybridized carbons (Fsp3) is 0.684. The van der Waals surface area contributed by atoms with E-state index < -0.39 is 0 Å². The van der Waals surface area contributed by atoms with E-state index in [4.69, 9.17) is 0 Å². The van der Waals surface area contributed by atoms with Crippen LogP contribution in [0.5, 0.6) is 0 Å². The lowest BCUT2D eigenvalue weighted by molar-refractivity contribution is -0.137. The first-order valence-electron chi connectivity index (χ1n) is 10.2. The highest BCUT2D eigenvalue weighted by Gasteiger charge is 2.38. The molecule has 3 aliphatic rings. The summed E-state index contributed by atoms with van der Waals surface area (Å²) < 4.78 is 0. The molecule has 1 aromatic heterocycles. The minimum Gasteiger partial charge on any atom is -0.354 e. The lowest BCUT2D eigenvalue weighted by Gasteiger charge is -2.34. The lowest BCUT2D eigenvalue weighted by atomic mass is 9.96. The molecule has 160 valence electrons. The van der Waals surface area contributed by atoms with Crippen molar-refractivity contribution in [2.45, 2.75) is 38.1 Å². The summed E-state index contributed by atoms with van der Waals surface area (Å²) in [5, 5.41) is 12.8. The first-order chi connectivity index (χ1) is 13.6.